The van der Waals surface area contributed by atoms with Crippen molar-refractivity contribution in [2.24, 2.45) is 0 Å². The number of ether oxygens (including phenoxy) is 2. The molecule has 1 atom stereocenters. The molecule has 0 unspecified atom stereocenters. The van der Waals surface area contributed by atoms with Crippen LogP contribution in [-0.4, -0.2) is 24.0 Å². The Kier molecular flexibility index (Phi) is 6.16. The first-order valence-electron chi connectivity index (χ1n) is 8.23. The maximum Gasteiger partial charge on any atom is 0.271 e. The first-order chi connectivity index (χ1) is 12.3. The second-order valence-corrected chi connectivity index (χ2v) is 5.89. The number of nitro groups is 1. The smallest absolute Gasteiger partial charge is 0.271 e. The van der Waals surface area contributed by atoms with Gasteiger partial charge in [-0.2, -0.15) is 0 Å². The molecule has 138 valence electrons. The lowest BCUT2D eigenvalue weighted by Crippen LogP contribution is -2.32. The molecule has 26 heavy (non-hydrogen) atoms. The van der Waals surface area contributed by atoms with Crippen LogP contribution in [-0.2, 0) is 4.79 Å². The van der Waals surface area contributed by atoms with Crippen molar-refractivity contribution >= 4 is 17.3 Å². The summed E-state index contributed by atoms with van der Waals surface area (Å²) in [7, 11) is 1.43. The van der Waals surface area contributed by atoms with Gasteiger partial charge in [0.1, 0.15) is 11.5 Å². The number of nitro benzene ring substituents is 1. The standard InChI is InChI=1S/C19H22N2O5/c1-5-17(26-15-8-6-12(2)13(3)10-15)19(22)20-16-11-14(21(23)24)7-9-18(16)25-4/h6-11,17H,5H2,1-4H3,(H,20,22)/t17-/m1/s1. The maximum absolute atomic E-state index is 12.6. The van der Waals surface area contributed by atoms with Gasteiger partial charge in [-0.05, 0) is 49.6 Å². The van der Waals surface area contributed by atoms with Gasteiger partial charge in [0.05, 0.1) is 17.7 Å². The highest BCUT2D eigenvalue weighted by Gasteiger charge is 2.21. The molecule has 7 heteroatoms. The van der Waals surface area contributed by atoms with Crippen LogP contribution in [0, 0.1) is 24.0 Å². The summed E-state index contributed by atoms with van der Waals surface area (Å²) < 4.78 is 11.0. The summed E-state index contributed by atoms with van der Waals surface area (Å²) in [5.41, 5.74) is 2.30. The molecule has 1 N–H and O–H groups in total. The Balaban J connectivity index is 2.19. The highest BCUT2D eigenvalue weighted by atomic mass is 16.6. The van der Waals surface area contributed by atoms with Gasteiger partial charge in [0.2, 0.25) is 0 Å². The van der Waals surface area contributed by atoms with Crippen LogP contribution in [0.2, 0.25) is 0 Å². The van der Waals surface area contributed by atoms with Gasteiger partial charge < -0.3 is 14.8 Å². The van der Waals surface area contributed by atoms with Crippen LogP contribution in [0.4, 0.5) is 11.4 Å². The van der Waals surface area contributed by atoms with E-state index in [1.54, 1.807) is 0 Å². The predicted molar refractivity (Wildman–Crippen MR) is 98.9 cm³/mol. The third-order valence-corrected chi connectivity index (χ3v) is 4.07. The second kappa shape index (κ2) is 8.33. The van der Waals surface area contributed by atoms with Crippen molar-refractivity contribution in [1.82, 2.24) is 0 Å². The minimum atomic E-state index is -0.735. The van der Waals surface area contributed by atoms with Crippen molar-refractivity contribution in [3.05, 3.63) is 57.6 Å². The number of nitrogens with one attached hydrogen (secondary N) is 1. The van der Waals surface area contributed by atoms with E-state index >= 15 is 0 Å². The van der Waals surface area contributed by atoms with Crippen LogP contribution in [0.1, 0.15) is 24.5 Å². The van der Waals surface area contributed by atoms with Crippen molar-refractivity contribution in [1.29, 1.82) is 0 Å². The predicted octanol–water partition coefficient (Wildman–Crippen LogP) is 4.02. The number of nitrogens with zero attached hydrogens (tertiary/aromatic N) is 1. The monoisotopic (exact) mass is 358 g/mol. The molecule has 0 bridgehead atoms. The number of aryl methyl sites for hydroxylation is 2. The molecule has 0 aliphatic heterocycles. The van der Waals surface area contributed by atoms with Crippen molar-refractivity contribution in [3.8, 4) is 11.5 Å². The molecular weight excluding hydrogens is 336 g/mol. The molecule has 0 aromatic heterocycles. The zero-order chi connectivity index (χ0) is 19.3. The van der Waals surface area contributed by atoms with Crippen molar-refractivity contribution in [2.45, 2.75) is 33.3 Å². The zero-order valence-electron chi connectivity index (χ0n) is 15.2. The Morgan fingerprint density at radius 1 is 1.19 bits per heavy atom. The van der Waals surface area contributed by atoms with Crippen LogP contribution in [0.15, 0.2) is 36.4 Å². The molecule has 0 aliphatic rings. The maximum atomic E-state index is 12.6. The van der Waals surface area contributed by atoms with E-state index in [2.05, 4.69) is 5.32 Å². The van der Waals surface area contributed by atoms with E-state index in [1.165, 1.54) is 25.3 Å². The van der Waals surface area contributed by atoms with Gasteiger partial charge in [0.15, 0.2) is 6.10 Å². The summed E-state index contributed by atoms with van der Waals surface area (Å²) in [6.07, 6.45) is -0.295. The number of carbonyl (C=O) groups excluding carboxylic acids is 1. The van der Waals surface area contributed by atoms with Gasteiger partial charge in [-0.25, -0.2) is 0 Å². The lowest BCUT2D eigenvalue weighted by atomic mass is 10.1. The molecule has 2 aromatic carbocycles. The first-order valence-corrected chi connectivity index (χ1v) is 8.23. The van der Waals surface area contributed by atoms with E-state index in [-0.39, 0.29) is 11.4 Å². The Labute approximate surface area is 152 Å². The van der Waals surface area contributed by atoms with Gasteiger partial charge in [-0.3, -0.25) is 14.9 Å². The average molecular weight is 358 g/mol. The molecule has 0 saturated carbocycles. The third-order valence-electron chi connectivity index (χ3n) is 4.07. The summed E-state index contributed by atoms with van der Waals surface area (Å²) in [5.74, 6) is 0.538. The molecule has 0 radical (unpaired) electrons. The highest BCUT2D eigenvalue weighted by molar-refractivity contribution is 5.96. The number of rotatable bonds is 7. The number of carbonyl (C=O) groups is 1. The van der Waals surface area contributed by atoms with Crippen LogP contribution in [0.5, 0.6) is 11.5 Å². The van der Waals surface area contributed by atoms with Crippen LogP contribution in [0.3, 0.4) is 0 Å². The normalized spacial score (nSPS) is 11.5. The number of methoxy groups -OCH3 is 1. The van der Waals surface area contributed by atoms with E-state index in [9.17, 15) is 14.9 Å². The summed E-state index contributed by atoms with van der Waals surface area (Å²) in [6.45, 7) is 5.80. The fourth-order valence-corrected chi connectivity index (χ4v) is 2.39. The number of hydrogen-bond donors (Lipinski definition) is 1. The Morgan fingerprint density at radius 3 is 2.50 bits per heavy atom. The van der Waals surface area contributed by atoms with E-state index in [4.69, 9.17) is 9.47 Å². The van der Waals surface area contributed by atoms with E-state index < -0.39 is 16.9 Å². The van der Waals surface area contributed by atoms with Crippen LogP contribution >= 0.6 is 0 Å². The van der Waals surface area contributed by atoms with E-state index in [1.807, 2.05) is 39.0 Å². The summed E-state index contributed by atoms with van der Waals surface area (Å²) in [5, 5.41) is 13.6. The zero-order valence-corrected chi connectivity index (χ0v) is 15.2. The van der Waals surface area contributed by atoms with E-state index in [0.29, 0.717) is 17.9 Å². The SMILES string of the molecule is CC[C@@H](Oc1ccc(C)c(C)c1)C(=O)Nc1cc([N+](=O)[O-])ccc1OC. The van der Waals surface area contributed by atoms with Gasteiger partial charge >= 0.3 is 0 Å². The Bertz CT molecular complexity index is 820. The minimum absolute atomic E-state index is 0.135. The fourth-order valence-electron chi connectivity index (χ4n) is 2.39. The van der Waals surface area contributed by atoms with Crippen LogP contribution in [0.25, 0.3) is 0 Å². The Morgan fingerprint density at radius 2 is 1.92 bits per heavy atom. The largest absolute Gasteiger partial charge is 0.495 e. The van der Waals surface area contributed by atoms with Crippen molar-refractivity contribution < 1.29 is 19.2 Å². The molecule has 1 amide bonds. The third kappa shape index (κ3) is 4.50. The molecule has 2 rings (SSSR count). The second-order valence-electron chi connectivity index (χ2n) is 5.89. The van der Waals surface area contributed by atoms with Crippen molar-refractivity contribution in [2.75, 3.05) is 12.4 Å². The molecule has 0 fully saturated rings. The van der Waals surface area contributed by atoms with Gasteiger partial charge in [0, 0.05) is 12.1 Å². The lowest BCUT2D eigenvalue weighted by Gasteiger charge is -2.19. The Hall–Kier alpha value is -3.09. The summed E-state index contributed by atoms with van der Waals surface area (Å²) >= 11 is 0. The number of amides is 1. The van der Waals surface area contributed by atoms with Gasteiger partial charge in [0.25, 0.3) is 11.6 Å². The van der Waals surface area contributed by atoms with Crippen LogP contribution < -0.4 is 14.8 Å². The highest BCUT2D eigenvalue weighted by Crippen LogP contribution is 2.29. The molecule has 2 aromatic rings. The molecule has 0 aliphatic carbocycles. The average Bonchev–Trinajstić information content (AvgIpc) is 2.62. The quantitative estimate of drug-likeness (QED) is 0.596. The minimum Gasteiger partial charge on any atom is -0.495 e. The summed E-state index contributed by atoms with van der Waals surface area (Å²) in [6, 6.07) is 9.64. The first kappa shape index (κ1) is 19.2. The summed E-state index contributed by atoms with van der Waals surface area (Å²) in [4.78, 5) is 23.0. The molecule has 0 saturated heterocycles. The molecule has 0 heterocycles. The van der Waals surface area contributed by atoms with E-state index in [0.717, 1.165) is 11.1 Å². The van der Waals surface area contributed by atoms with Crippen molar-refractivity contribution in [3.63, 3.8) is 0 Å². The number of benzene rings is 2. The molecule has 0 spiro atoms. The number of anilines is 1. The van der Waals surface area contributed by atoms with Gasteiger partial charge in [-0.15, -0.1) is 0 Å². The fraction of sp³-hybridized carbons (Fsp3) is 0.316. The number of non-ortho nitro benzene ring substituents is 1. The molecule has 7 nitrogen and oxygen atoms in total. The topological polar surface area (TPSA) is 90.7 Å². The van der Waals surface area contributed by atoms with Gasteiger partial charge in [-0.1, -0.05) is 13.0 Å². The lowest BCUT2D eigenvalue weighted by molar-refractivity contribution is -0.384. The number of hydrogen-bond acceptors (Lipinski definition) is 5. The molecular formula is C19H22N2O5.